The maximum atomic E-state index is 13.3. The van der Waals surface area contributed by atoms with Crippen LogP contribution in [-0.4, -0.2) is 15.7 Å². The van der Waals surface area contributed by atoms with Crippen molar-refractivity contribution >= 4 is 27.5 Å². The number of anilines is 1. The number of hydrogen-bond donors (Lipinski definition) is 1. The van der Waals surface area contributed by atoms with Gasteiger partial charge in [0.1, 0.15) is 11.5 Å². The van der Waals surface area contributed by atoms with Crippen molar-refractivity contribution in [2.24, 2.45) is 7.05 Å². The van der Waals surface area contributed by atoms with Gasteiger partial charge in [-0.15, -0.1) is 0 Å². The largest absolute Gasteiger partial charge is 0.318 e. The number of para-hydroxylation sites is 1. The van der Waals surface area contributed by atoms with Crippen LogP contribution in [0.4, 0.5) is 10.1 Å². The summed E-state index contributed by atoms with van der Waals surface area (Å²) >= 11 is 3.21. The second kappa shape index (κ2) is 4.67. The molecule has 0 aliphatic carbocycles. The maximum Gasteiger partial charge on any atom is 0.275 e. The second-order valence-electron chi connectivity index (χ2n) is 3.40. The molecule has 1 aromatic carbocycles. The van der Waals surface area contributed by atoms with Crippen LogP contribution in [0.5, 0.6) is 0 Å². The molecule has 0 saturated heterocycles. The van der Waals surface area contributed by atoms with Crippen LogP contribution in [0.25, 0.3) is 0 Å². The van der Waals surface area contributed by atoms with Crippen LogP contribution in [0.1, 0.15) is 10.5 Å². The molecule has 1 aromatic heterocycles. The summed E-state index contributed by atoms with van der Waals surface area (Å²) in [5.41, 5.74) is 0.485. The van der Waals surface area contributed by atoms with E-state index in [0.717, 1.165) is 0 Å². The number of nitrogens with one attached hydrogen (secondary N) is 1. The van der Waals surface area contributed by atoms with Gasteiger partial charge in [-0.1, -0.05) is 12.1 Å². The van der Waals surface area contributed by atoms with Crippen molar-refractivity contribution in [3.63, 3.8) is 0 Å². The van der Waals surface area contributed by atoms with Crippen LogP contribution in [0, 0.1) is 5.82 Å². The van der Waals surface area contributed by atoms with Gasteiger partial charge in [-0.3, -0.25) is 9.48 Å². The van der Waals surface area contributed by atoms with Gasteiger partial charge in [0.2, 0.25) is 0 Å². The Labute approximate surface area is 106 Å². The lowest BCUT2D eigenvalue weighted by Crippen LogP contribution is -2.17. The van der Waals surface area contributed by atoms with Crippen molar-refractivity contribution < 1.29 is 9.18 Å². The molecule has 0 fully saturated rings. The smallest absolute Gasteiger partial charge is 0.275 e. The molecule has 17 heavy (non-hydrogen) atoms. The number of carbonyl (C=O) groups is 1. The summed E-state index contributed by atoms with van der Waals surface area (Å²) in [5, 5.41) is 6.41. The van der Waals surface area contributed by atoms with Gasteiger partial charge < -0.3 is 5.32 Å². The molecule has 0 radical (unpaired) electrons. The van der Waals surface area contributed by atoms with Gasteiger partial charge in [0.05, 0.1) is 16.4 Å². The molecule has 6 heteroatoms. The number of amides is 1. The molecular formula is C11H9BrFN3O. The van der Waals surface area contributed by atoms with Gasteiger partial charge in [0, 0.05) is 7.05 Å². The van der Waals surface area contributed by atoms with E-state index in [-0.39, 0.29) is 5.69 Å². The van der Waals surface area contributed by atoms with Crippen LogP contribution in [-0.2, 0) is 7.05 Å². The number of carbonyl (C=O) groups excluding carboxylic acids is 1. The van der Waals surface area contributed by atoms with E-state index >= 15 is 0 Å². The molecule has 0 aliphatic heterocycles. The van der Waals surface area contributed by atoms with E-state index in [2.05, 4.69) is 26.3 Å². The number of aromatic nitrogens is 2. The molecule has 0 spiro atoms. The van der Waals surface area contributed by atoms with Crippen molar-refractivity contribution in [1.82, 2.24) is 9.78 Å². The van der Waals surface area contributed by atoms with E-state index in [1.807, 2.05) is 0 Å². The molecule has 1 N–H and O–H groups in total. The molecule has 2 rings (SSSR count). The topological polar surface area (TPSA) is 46.9 Å². The third-order valence-corrected chi connectivity index (χ3v) is 2.81. The SMILES string of the molecule is Cn1ncc(Br)c1C(=O)Nc1ccccc1F. The first-order valence-electron chi connectivity index (χ1n) is 4.83. The van der Waals surface area contributed by atoms with Gasteiger partial charge in [0.25, 0.3) is 5.91 Å². The number of hydrogen-bond acceptors (Lipinski definition) is 2. The van der Waals surface area contributed by atoms with Crippen LogP contribution in [0.3, 0.4) is 0 Å². The molecule has 0 bridgehead atoms. The lowest BCUT2D eigenvalue weighted by molar-refractivity contribution is 0.101. The molecular weight excluding hydrogens is 289 g/mol. The van der Waals surface area contributed by atoms with Crippen molar-refractivity contribution in [2.45, 2.75) is 0 Å². The zero-order chi connectivity index (χ0) is 12.4. The Kier molecular flexibility index (Phi) is 3.23. The van der Waals surface area contributed by atoms with Crippen molar-refractivity contribution in [3.8, 4) is 0 Å². The normalized spacial score (nSPS) is 10.3. The highest BCUT2D eigenvalue weighted by molar-refractivity contribution is 9.10. The van der Waals surface area contributed by atoms with Crippen LogP contribution in [0.2, 0.25) is 0 Å². The fraction of sp³-hybridized carbons (Fsp3) is 0.0909. The molecule has 1 heterocycles. The molecule has 88 valence electrons. The molecule has 1 amide bonds. The Morgan fingerprint density at radius 3 is 2.76 bits per heavy atom. The zero-order valence-electron chi connectivity index (χ0n) is 8.95. The van der Waals surface area contributed by atoms with E-state index in [9.17, 15) is 9.18 Å². The summed E-state index contributed by atoms with van der Waals surface area (Å²) in [6.07, 6.45) is 1.51. The van der Waals surface area contributed by atoms with E-state index in [1.165, 1.54) is 23.0 Å². The minimum absolute atomic E-state index is 0.144. The molecule has 0 atom stereocenters. The summed E-state index contributed by atoms with van der Waals surface area (Å²) in [7, 11) is 1.64. The van der Waals surface area contributed by atoms with Gasteiger partial charge in [-0.25, -0.2) is 4.39 Å². The fourth-order valence-corrected chi connectivity index (χ4v) is 1.94. The third-order valence-electron chi connectivity index (χ3n) is 2.23. The Bertz CT molecular complexity index is 548. The molecule has 0 unspecified atom stereocenters. The van der Waals surface area contributed by atoms with Gasteiger partial charge >= 0.3 is 0 Å². The predicted octanol–water partition coefficient (Wildman–Crippen LogP) is 2.57. The summed E-state index contributed by atoms with van der Waals surface area (Å²) in [6, 6.07) is 5.99. The summed E-state index contributed by atoms with van der Waals surface area (Å²) < 4.78 is 15.3. The number of rotatable bonds is 2. The first-order chi connectivity index (χ1) is 8.09. The highest BCUT2D eigenvalue weighted by Gasteiger charge is 2.16. The number of benzene rings is 1. The fourth-order valence-electron chi connectivity index (χ4n) is 1.41. The van der Waals surface area contributed by atoms with Gasteiger partial charge in [-0.2, -0.15) is 5.10 Å². The molecule has 2 aromatic rings. The minimum Gasteiger partial charge on any atom is -0.318 e. The Morgan fingerprint density at radius 2 is 2.18 bits per heavy atom. The maximum absolute atomic E-state index is 13.3. The Balaban J connectivity index is 2.27. The van der Waals surface area contributed by atoms with Crippen LogP contribution < -0.4 is 5.32 Å². The van der Waals surface area contributed by atoms with Crippen molar-refractivity contribution in [2.75, 3.05) is 5.32 Å². The summed E-state index contributed by atoms with van der Waals surface area (Å²) in [6.45, 7) is 0. The quantitative estimate of drug-likeness (QED) is 0.926. The standard InChI is InChI=1S/C11H9BrFN3O/c1-16-10(7(12)6-14-16)11(17)15-9-5-3-2-4-8(9)13/h2-6H,1H3,(H,15,17). The third kappa shape index (κ3) is 2.36. The predicted molar refractivity (Wildman–Crippen MR) is 65.3 cm³/mol. The van der Waals surface area contributed by atoms with Crippen molar-refractivity contribution in [3.05, 3.63) is 46.4 Å². The van der Waals surface area contributed by atoms with E-state index < -0.39 is 11.7 Å². The van der Waals surface area contributed by atoms with Crippen LogP contribution in [0.15, 0.2) is 34.9 Å². The monoisotopic (exact) mass is 297 g/mol. The first-order valence-corrected chi connectivity index (χ1v) is 5.62. The highest BCUT2D eigenvalue weighted by atomic mass is 79.9. The van der Waals surface area contributed by atoms with Gasteiger partial charge in [0.15, 0.2) is 0 Å². The van der Waals surface area contributed by atoms with E-state index in [1.54, 1.807) is 19.2 Å². The van der Waals surface area contributed by atoms with E-state index in [0.29, 0.717) is 10.2 Å². The summed E-state index contributed by atoms with van der Waals surface area (Å²) in [5.74, 6) is -0.888. The number of nitrogens with zero attached hydrogens (tertiary/aromatic N) is 2. The van der Waals surface area contributed by atoms with Crippen molar-refractivity contribution in [1.29, 1.82) is 0 Å². The zero-order valence-corrected chi connectivity index (χ0v) is 10.5. The lowest BCUT2D eigenvalue weighted by atomic mass is 10.3. The van der Waals surface area contributed by atoms with Gasteiger partial charge in [-0.05, 0) is 28.1 Å². The summed E-state index contributed by atoms with van der Waals surface area (Å²) in [4.78, 5) is 11.9. The average molecular weight is 298 g/mol. The molecule has 0 aliphatic rings. The highest BCUT2D eigenvalue weighted by Crippen LogP contribution is 2.18. The number of halogens is 2. The molecule has 4 nitrogen and oxygen atoms in total. The first kappa shape index (κ1) is 11.8. The lowest BCUT2D eigenvalue weighted by Gasteiger charge is -2.06. The van der Waals surface area contributed by atoms with Crippen LogP contribution >= 0.6 is 15.9 Å². The Morgan fingerprint density at radius 1 is 1.47 bits per heavy atom. The molecule has 0 saturated carbocycles. The number of aryl methyl sites for hydroxylation is 1. The Hall–Kier alpha value is -1.69. The average Bonchev–Trinajstić information content (AvgIpc) is 2.62. The second-order valence-corrected chi connectivity index (χ2v) is 4.25. The van der Waals surface area contributed by atoms with E-state index in [4.69, 9.17) is 0 Å². The minimum atomic E-state index is -0.473.